The maximum atomic E-state index is 14.8. The fraction of sp³-hybridized carbons (Fsp3) is 0.194. The first kappa shape index (κ1) is 35.9. The van der Waals surface area contributed by atoms with Crippen LogP contribution in [0.5, 0.6) is 5.75 Å². The van der Waals surface area contributed by atoms with Crippen molar-refractivity contribution in [2.24, 2.45) is 16.0 Å². The molecule has 4 aromatic carbocycles. The third-order valence-corrected chi connectivity index (χ3v) is 7.60. The topological polar surface area (TPSA) is 169 Å². The number of anilines is 1. The van der Waals surface area contributed by atoms with E-state index in [2.05, 4.69) is 31.2 Å². The van der Waals surface area contributed by atoms with Crippen LogP contribution < -0.4 is 26.0 Å². The number of hydrogen-bond donors (Lipinski definition) is 3. The Labute approximate surface area is 292 Å². The number of carbonyl (C=O) groups excluding carboxylic acids is 3. The van der Waals surface area contributed by atoms with Gasteiger partial charge in [-0.3, -0.25) is 14.4 Å². The van der Waals surface area contributed by atoms with E-state index in [1.807, 2.05) is 43.3 Å². The summed E-state index contributed by atoms with van der Waals surface area (Å²) >= 11 is 0. The van der Waals surface area contributed by atoms with E-state index in [0.717, 1.165) is 17.8 Å². The molecule has 262 valence electrons. The van der Waals surface area contributed by atoms with Gasteiger partial charge in [0.25, 0.3) is 11.8 Å². The van der Waals surface area contributed by atoms with Crippen molar-refractivity contribution in [1.29, 1.82) is 0 Å². The number of azo groups is 1. The van der Waals surface area contributed by atoms with Crippen LogP contribution in [0.15, 0.2) is 101 Å². The summed E-state index contributed by atoms with van der Waals surface area (Å²) in [7, 11) is 3.89. The van der Waals surface area contributed by atoms with Gasteiger partial charge in [-0.05, 0) is 91.3 Å². The SMILES string of the molecule is C[C@H](NC(=O)c1cccc(-n2cc(CN)nn2)c1)C(=O)COc1c(F)cc(CNC(=O)c2ccc(N=Nc3ccc(N(C)C)cc3)cc2)cc1F. The molecule has 0 fully saturated rings. The van der Waals surface area contributed by atoms with Crippen LogP contribution in [-0.2, 0) is 17.9 Å². The predicted octanol–water partition coefficient (Wildman–Crippen LogP) is 5.18. The van der Waals surface area contributed by atoms with E-state index in [1.54, 1.807) is 54.7 Å². The molecule has 0 saturated heterocycles. The van der Waals surface area contributed by atoms with Crippen LogP contribution in [0.1, 0.15) is 38.9 Å². The number of hydrogen-bond acceptors (Lipinski definition) is 10. The summed E-state index contributed by atoms with van der Waals surface area (Å²) in [6.07, 6.45) is 1.63. The molecule has 5 rings (SSSR count). The molecule has 15 heteroatoms. The van der Waals surface area contributed by atoms with E-state index in [0.29, 0.717) is 28.3 Å². The first-order valence-corrected chi connectivity index (χ1v) is 15.7. The van der Waals surface area contributed by atoms with Crippen LogP contribution >= 0.6 is 0 Å². The molecule has 13 nitrogen and oxygen atoms in total. The highest BCUT2D eigenvalue weighted by atomic mass is 19.1. The minimum absolute atomic E-state index is 0.135. The Hall–Kier alpha value is -6.35. The van der Waals surface area contributed by atoms with Crippen LogP contribution in [-0.4, -0.2) is 59.3 Å². The average molecular weight is 696 g/mol. The van der Waals surface area contributed by atoms with Crippen LogP contribution in [0.2, 0.25) is 0 Å². The smallest absolute Gasteiger partial charge is 0.251 e. The molecule has 1 heterocycles. The Morgan fingerprint density at radius 2 is 1.55 bits per heavy atom. The molecule has 0 aliphatic carbocycles. The van der Waals surface area contributed by atoms with E-state index < -0.39 is 47.6 Å². The Kier molecular flexibility index (Phi) is 11.5. The lowest BCUT2D eigenvalue weighted by Crippen LogP contribution is -2.40. The molecule has 0 spiro atoms. The summed E-state index contributed by atoms with van der Waals surface area (Å²) in [5, 5.41) is 21.4. The zero-order valence-electron chi connectivity index (χ0n) is 28.0. The number of ketones is 1. The molecular formula is C36H35F2N9O4. The van der Waals surface area contributed by atoms with Gasteiger partial charge in [-0.15, -0.1) is 5.10 Å². The number of amides is 2. The first-order valence-electron chi connectivity index (χ1n) is 15.7. The number of Topliss-reactive ketones (excluding diaryl/α,β-unsaturated/α-hetero) is 1. The number of nitrogens with one attached hydrogen (secondary N) is 2. The van der Waals surface area contributed by atoms with Gasteiger partial charge in [0.2, 0.25) is 0 Å². The van der Waals surface area contributed by atoms with Crippen LogP contribution in [0.4, 0.5) is 25.8 Å². The summed E-state index contributed by atoms with van der Waals surface area (Å²) in [6.45, 7) is 0.758. The third kappa shape index (κ3) is 9.42. The number of carbonyl (C=O) groups is 3. The molecule has 2 amide bonds. The van der Waals surface area contributed by atoms with E-state index in [1.165, 1.54) is 11.6 Å². The maximum Gasteiger partial charge on any atom is 0.251 e. The van der Waals surface area contributed by atoms with Gasteiger partial charge < -0.3 is 26.0 Å². The highest BCUT2D eigenvalue weighted by Gasteiger charge is 2.20. The van der Waals surface area contributed by atoms with Gasteiger partial charge in [0, 0.05) is 44.0 Å². The monoisotopic (exact) mass is 695 g/mol. The van der Waals surface area contributed by atoms with Crippen LogP contribution in [0, 0.1) is 11.6 Å². The summed E-state index contributed by atoms with van der Waals surface area (Å²) in [6, 6.07) is 21.4. The Morgan fingerprint density at radius 3 is 2.16 bits per heavy atom. The molecule has 0 aliphatic rings. The lowest BCUT2D eigenvalue weighted by molar-refractivity contribution is -0.122. The second-order valence-electron chi connectivity index (χ2n) is 11.6. The normalized spacial score (nSPS) is 11.6. The van der Waals surface area contributed by atoms with Gasteiger partial charge in [-0.25, -0.2) is 13.5 Å². The van der Waals surface area contributed by atoms with Crippen molar-refractivity contribution in [3.63, 3.8) is 0 Å². The number of halogens is 2. The van der Waals surface area contributed by atoms with Crippen molar-refractivity contribution in [3.8, 4) is 11.4 Å². The number of ether oxygens (including phenoxy) is 1. The molecule has 0 bridgehead atoms. The number of rotatable bonds is 14. The summed E-state index contributed by atoms with van der Waals surface area (Å²) in [5.74, 6) is -4.51. The molecule has 1 atom stereocenters. The molecule has 51 heavy (non-hydrogen) atoms. The van der Waals surface area contributed by atoms with Gasteiger partial charge in [0.05, 0.1) is 35.0 Å². The van der Waals surface area contributed by atoms with Crippen LogP contribution in [0.25, 0.3) is 5.69 Å². The quantitative estimate of drug-likeness (QED) is 0.134. The van der Waals surface area contributed by atoms with E-state index >= 15 is 0 Å². The molecule has 4 N–H and O–H groups in total. The van der Waals surface area contributed by atoms with Crippen molar-refractivity contribution in [2.45, 2.75) is 26.1 Å². The Morgan fingerprint density at radius 1 is 0.902 bits per heavy atom. The van der Waals surface area contributed by atoms with Crippen molar-refractivity contribution in [3.05, 3.63) is 125 Å². The summed E-state index contributed by atoms with van der Waals surface area (Å²) in [4.78, 5) is 40.1. The molecule has 0 unspecified atom stereocenters. The highest BCUT2D eigenvalue weighted by Crippen LogP contribution is 2.24. The third-order valence-electron chi connectivity index (χ3n) is 7.60. The zero-order chi connectivity index (χ0) is 36.5. The first-order chi connectivity index (χ1) is 24.5. The fourth-order valence-corrected chi connectivity index (χ4v) is 4.69. The second kappa shape index (κ2) is 16.4. The maximum absolute atomic E-state index is 14.8. The largest absolute Gasteiger partial charge is 0.480 e. The van der Waals surface area contributed by atoms with E-state index in [9.17, 15) is 23.2 Å². The van der Waals surface area contributed by atoms with E-state index in [-0.39, 0.29) is 24.2 Å². The van der Waals surface area contributed by atoms with Crippen molar-refractivity contribution in [2.75, 3.05) is 25.6 Å². The van der Waals surface area contributed by atoms with E-state index in [4.69, 9.17) is 10.5 Å². The standard InChI is InChI=1S/C36H35F2N9O4/c1-22(41-36(50)25-5-4-6-30(17-25)47-20-28(18-39)44-45-47)33(48)21-51-34-31(37)15-23(16-32(34)38)19-40-35(49)24-7-9-26(10-8-24)42-43-27-11-13-29(14-12-27)46(2)3/h4-17,20,22H,18-19,21,39H2,1-3H3,(H,40,49)(H,41,50)/t22-/m0/s1. The average Bonchev–Trinajstić information content (AvgIpc) is 3.62. The molecule has 0 radical (unpaired) electrons. The minimum Gasteiger partial charge on any atom is -0.480 e. The van der Waals surface area contributed by atoms with Gasteiger partial charge >= 0.3 is 0 Å². The van der Waals surface area contributed by atoms with Gasteiger partial charge in [-0.1, -0.05) is 11.3 Å². The van der Waals surface area contributed by atoms with Gasteiger partial charge in [-0.2, -0.15) is 10.2 Å². The Balaban J connectivity index is 1.10. The molecular weight excluding hydrogens is 660 g/mol. The summed E-state index contributed by atoms with van der Waals surface area (Å²) < 4.78 is 36.3. The van der Waals surface area contributed by atoms with Crippen LogP contribution in [0.3, 0.4) is 0 Å². The summed E-state index contributed by atoms with van der Waals surface area (Å²) in [5.41, 5.74) is 9.64. The number of nitrogens with two attached hydrogens (primary N) is 1. The van der Waals surface area contributed by atoms with Crippen molar-refractivity contribution < 1.29 is 27.9 Å². The van der Waals surface area contributed by atoms with Gasteiger partial charge in [0.15, 0.2) is 23.2 Å². The van der Waals surface area contributed by atoms with Crippen molar-refractivity contribution in [1.82, 2.24) is 25.6 Å². The lowest BCUT2D eigenvalue weighted by Gasteiger charge is -2.15. The van der Waals surface area contributed by atoms with Crippen molar-refractivity contribution >= 4 is 34.7 Å². The second-order valence-corrected chi connectivity index (χ2v) is 11.6. The lowest BCUT2D eigenvalue weighted by atomic mass is 10.1. The minimum atomic E-state index is -1.06. The van der Waals surface area contributed by atoms with Gasteiger partial charge in [0.1, 0.15) is 6.61 Å². The highest BCUT2D eigenvalue weighted by molar-refractivity contribution is 5.98. The number of nitrogens with zero attached hydrogens (tertiary/aromatic N) is 6. The molecule has 0 aliphatic heterocycles. The predicted molar refractivity (Wildman–Crippen MR) is 186 cm³/mol. The molecule has 5 aromatic rings. The number of aromatic nitrogens is 3. The fourth-order valence-electron chi connectivity index (χ4n) is 4.69. The number of benzene rings is 4. The molecule has 0 saturated carbocycles. The Bertz CT molecular complexity index is 2030. The zero-order valence-corrected chi connectivity index (χ0v) is 28.0. The molecule has 1 aromatic heterocycles.